The summed E-state index contributed by atoms with van der Waals surface area (Å²) in [7, 11) is -1.41. The van der Waals surface area contributed by atoms with Gasteiger partial charge in [0.05, 0.1) is 11.1 Å². The molecule has 0 aliphatic carbocycles. The molecule has 2 aromatic rings. The molecule has 0 N–H and O–H groups in total. The largest absolute Gasteiger partial charge is 0.451 e. The summed E-state index contributed by atoms with van der Waals surface area (Å²) in [6.45, 7) is 5.91. The lowest BCUT2D eigenvalue weighted by atomic mass is 10.1. The van der Waals surface area contributed by atoms with E-state index in [4.69, 9.17) is 4.42 Å². The molecule has 2 rings (SSSR count). The Labute approximate surface area is 108 Å². The van der Waals surface area contributed by atoms with Crippen molar-refractivity contribution >= 4 is 17.2 Å². The molecule has 0 saturated heterocycles. The summed E-state index contributed by atoms with van der Waals surface area (Å²) in [6, 6.07) is 4.01. The molecule has 18 heavy (non-hydrogen) atoms. The van der Waals surface area contributed by atoms with Crippen LogP contribution in [0.15, 0.2) is 38.5 Å². The van der Waals surface area contributed by atoms with E-state index < -0.39 is 11.0 Å². The van der Waals surface area contributed by atoms with Crippen LogP contribution in [-0.2, 0) is 11.0 Å². The van der Waals surface area contributed by atoms with Crippen LogP contribution in [0, 0.1) is 20.8 Å². The average molecular weight is 262 g/mol. The zero-order chi connectivity index (χ0) is 13.1. The Hall–Kier alpha value is -1.75. The van der Waals surface area contributed by atoms with E-state index >= 15 is 0 Å². The predicted octanol–water partition coefficient (Wildman–Crippen LogP) is 2.74. The summed E-state index contributed by atoms with van der Waals surface area (Å²) in [5, 5.41) is 0. The second kappa shape index (κ2) is 5.27. The van der Waals surface area contributed by atoms with Crippen molar-refractivity contribution in [3.63, 3.8) is 0 Å². The maximum atomic E-state index is 12.1. The molecule has 0 aliphatic heterocycles. The van der Waals surface area contributed by atoms with E-state index in [9.17, 15) is 4.21 Å². The van der Waals surface area contributed by atoms with E-state index in [0.717, 1.165) is 21.6 Å². The fourth-order valence-electron chi connectivity index (χ4n) is 1.88. The monoisotopic (exact) mass is 262 g/mol. The van der Waals surface area contributed by atoms with Crippen molar-refractivity contribution in [2.45, 2.75) is 25.7 Å². The predicted molar refractivity (Wildman–Crippen MR) is 71.2 cm³/mol. The van der Waals surface area contributed by atoms with Crippen LogP contribution in [-0.4, -0.2) is 15.4 Å². The van der Waals surface area contributed by atoms with Gasteiger partial charge in [-0.25, -0.2) is 9.19 Å². The van der Waals surface area contributed by atoms with Gasteiger partial charge in [0.1, 0.15) is 12.0 Å². The van der Waals surface area contributed by atoms with E-state index in [1.807, 2.05) is 32.9 Å². The van der Waals surface area contributed by atoms with Gasteiger partial charge in [-0.15, -0.1) is 0 Å². The molecule has 94 valence electrons. The number of nitrogens with zero attached hydrogens (tertiary/aromatic N) is 2. The molecule has 1 unspecified atom stereocenters. The van der Waals surface area contributed by atoms with Crippen molar-refractivity contribution in [3.8, 4) is 0 Å². The highest BCUT2D eigenvalue weighted by atomic mass is 32.2. The molecular formula is C13H14N2O2S. The Bertz CT molecular complexity index is 580. The first kappa shape index (κ1) is 12.7. The summed E-state index contributed by atoms with van der Waals surface area (Å²) < 4.78 is 21.0. The molecule has 0 fully saturated rings. The van der Waals surface area contributed by atoms with Crippen molar-refractivity contribution in [1.29, 1.82) is 0 Å². The summed E-state index contributed by atoms with van der Waals surface area (Å²) >= 11 is 0. The standard InChI is InChI=1S/C13H14N2O2S/c1-9-4-10(2)13(11(3)5-9)18(16)15-6-12-7-17-8-14-12/h4-8H,1-3H3/b15-6+. The van der Waals surface area contributed by atoms with E-state index in [0.29, 0.717) is 5.69 Å². The van der Waals surface area contributed by atoms with E-state index in [1.165, 1.54) is 18.9 Å². The molecule has 0 aliphatic rings. The molecule has 0 amide bonds. The van der Waals surface area contributed by atoms with Crippen LogP contribution in [0.5, 0.6) is 0 Å². The van der Waals surface area contributed by atoms with Crippen LogP contribution in [0.4, 0.5) is 0 Å². The van der Waals surface area contributed by atoms with Gasteiger partial charge in [0.15, 0.2) is 17.4 Å². The lowest BCUT2D eigenvalue weighted by molar-refractivity contribution is 0.557. The first-order valence-corrected chi connectivity index (χ1v) is 6.60. The van der Waals surface area contributed by atoms with Gasteiger partial charge in [-0.1, -0.05) is 17.7 Å². The fourth-order valence-corrected chi connectivity index (χ4v) is 2.86. The minimum Gasteiger partial charge on any atom is -0.451 e. The molecule has 5 heteroatoms. The molecule has 0 spiro atoms. The molecule has 0 saturated carbocycles. The highest BCUT2D eigenvalue weighted by Crippen LogP contribution is 2.20. The highest BCUT2D eigenvalue weighted by Gasteiger charge is 2.10. The Morgan fingerprint density at radius 3 is 2.50 bits per heavy atom. The quantitative estimate of drug-likeness (QED) is 0.799. The summed E-state index contributed by atoms with van der Waals surface area (Å²) in [5.74, 6) is 0. The maximum absolute atomic E-state index is 12.1. The third kappa shape index (κ3) is 2.73. The number of aromatic nitrogens is 1. The van der Waals surface area contributed by atoms with Crippen molar-refractivity contribution in [1.82, 2.24) is 4.98 Å². The fraction of sp³-hybridized carbons (Fsp3) is 0.231. The Morgan fingerprint density at radius 2 is 1.94 bits per heavy atom. The van der Waals surface area contributed by atoms with Gasteiger partial charge in [0, 0.05) is 0 Å². The topological polar surface area (TPSA) is 55.5 Å². The molecule has 1 aromatic heterocycles. The zero-order valence-corrected chi connectivity index (χ0v) is 11.3. The molecule has 4 nitrogen and oxygen atoms in total. The van der Waals surface area contributed by atoms with Gasteiger partial charge in [0.2, 0.25) is 0 Å². The van der Waals surface area contributed by atoms with Crippen molar-refractivity contribution in [3.05, 3.63) is 47.2 Å². The van der Waals surface area contributed by atoms with E-state index in [1.54, 1.807) is 0 Å². The van der Waals surface area contributed by atoms with Crippen LogP contribution >= 0.6 is 0 Å². The Morgan fingerprint density at radius 1 is 1.28 bits per heavy atom. The van der Waals surface area contributed by atoms with E-state index in [-0.39, 0.29) is 0 Å². The van der Waals surface area contributed by atoms with Gasteiger partial charge < -0.3 is 4.42 Å². The first-order valence-electron chi connectivity index (χ1n) is 5.50. The lowest BCUT2D eigenvalue weighted by Gasteiger charge is -2.07. The third-order valence-corrected chi connectivity index (χ3v) is 3.80. The normalized spacial score (nSPS) is 13.1. The maximum Gasteiger partial charge on any atom is 0.181 e. The first-order chi connectivity index (χ1) is 8.58. The Kier molecular flexibility index (Phi) is 3.72. The van der Waals surface area contributed by atoms with Gasteiger partial charge in [-0.2, -0.15) is 4.40 Å². The third-order valence-electron chi connectivity index (χ3n) is 2.51. The summed E-state index contributed by atoms with van der Waals surface area (Å²) in [6.07, 6.45) is 4.22. The minimum atomic E-state index is -1.41. The summed E-state index contributed by atoms with van der Waals surface area (Å²) in [5.41, 5.74) is 3.70. The lowest BCUT2D eigenvalue weighted by Crippen LogP contribution is -1.97. The number of rotatable bonds is 3. The number of hydrogen-bond acceptors (Lipinski definition) is 3. The zero-order valence-electron chi connectivity index (χ0n) is 10.5. The van der Waals surface area contributed by atoms with Crippen molar-refractivity contribution in [2.75, 3.05) is 0 Å². The van der Waals surface area contributed by atoms with Crippen LogP contribution in [0.25, 0.3) is 0 Å². The molecule has 1 atom stereocenters. The number of oxazole rings is 1. The molecule has 0 radical (unpaired) electrons. The SMILES string of the molecule is Cc1cc(C)c(S(=O)/N=C/c2cocn2)c(C)c1. The van der Waals surface area contributed by atoms with Crippen LogP contribution in [0.2, 0.25) is 0 Å². The van der Waals surface area contributed by atoms with Crippen molar-refractivity contribution < 1.29 is 8.63 Å². The highest BCUT2D eigenvalue weighted by molar-refractivity contribution is 7.84. The molecular weight excluding hydrogens is 248 g/mol. The average Bonchev–Trinajstić information content (AvgIpc) is 2.77. The Balaban J connectivity index is 2.30. The van der Waals surface area contributed by atoms with Gasteiger partial charge in [-0.05, 0) is 31.9 Å². The number of benzene rings is 1. The van der Waals surface area contributed by atoms with Gasteiger partial charge in [-0.3, -0.25) is 0 Å². The smallest absolute Gasteiger partial charge is 0.181 e. The van der Waals surface area contributed by atoms with Gasteiger partial charge >= 0.3 is 0 Å². The van der Waals surface area contributed by atoms with Crippen LogP contribution in [0.1, 0.15) is 22.4 Å². The molecule has 1 heterocycles. The van der Waals surface area contributed by atoms with Gasteiger partial charge in [0.25, 0.3) is 0 Å². The minimum absolute atomic E-state index is 0.561. The second-order valence-electron chi connectivity index (χ2n) is 4.12. The van der Waals surface area contributed by atoms with Crippen LogP contribution < -0.4 is 0 Å². The summed E-state index contributed by atoms with van der Waals surface area (Å²) in [4.78, 5) is 4.65. The molecule has 0 bridgehead atoms. The number of hydrogen-bond donors (Lipinski definition) is 0. The second-order valence-corrected chi connectivity index (χ2v) is 5.24. The molecule has 1 aromatic carbocycles. The van der Waals surface area contributed by atoms with Crippen molar-refractivity contribution in [2.24, 2.45) is 4.40 Å². The number of aryl methyl sites for hydroxylation is 3. The van der Waals surface area contributed by atoms with Crippen LogP contribution in [0.3, 0.4) is 0 Å². The van der Waals surface area contributed by atoms with E-state index in [2.05, 4.69) is 9.38 Å².